The van der Waals surface area contributed by atoms with Crippen molar-refractivity contribution < 1.29 is 9.59 Å². The standard InChI is InChI=1S/C16H18BrN3O2S/c1-18-6-8-19(9-7-18)11-20-15(21)14(23-16(20)22)10-12-2-4-13(17)5-3-12/h2-5,10H,6-9,11H2,1H3. The second-order valence-corrected chi connectivity index (χ2v) is 7.63. The fourth-order valence-corrected chi connectivity index (χ4v) is 3.62. The quantitative estimate of drug-likeness (QED) is 0.736. The van der Waals surface area contributed by atoms with Gasteiger partial charge in [-0.05, 0) is 42.6 Å². The van der Waals surface area contributed by atoms with E-state index in [1.165, 1.54) is 4.90 Å². The first-order chi connectivity index (χ1) is 11.0. The molecule has 3 rings (SSSR count). The van der Waals surface area contributed by atoms with Gasteiger partial charge in [-0.2, -0.15) is 0 Å². The monoisotopic (exact) mass is 395 g/mol. The minimum Gasteiger partial charge on any atom is -0.304 e. The first kappa shape index (κ1) is 16.7. The van der Waals surface area contributed by atoms with E-state index >= 15 is 0 Å². The van der Waals surface area contributed by atoms with E-state index in [0.717, 1.165) is 48.0 Å². The second-order valence-electron chi connectivity index (χ2n) is 5.72. The zero-order valence-electron chi connectivity index (χ0n) is 12.9. The number of piperazine rings is 1. The van der Waals surface area contributed by atoms with Crippen molar-refractivity contribution in [2.24, 2.45) is 0 Å². The van der Waals surface area contributed by atoms with Crippen molar-refractivity contribution in [1.29, 1.82) is 0 Å². The van der Waals surface area contributed by atoms with Crippen molar-refractivity contribution in [2.45, 2.75) is 0 Å². The molecule has 0 unspecified atom stereocenters. The van der Waals surface area contributed by atoms with Gasteiger partial charge in [-0.25, -0.2) is 0 Å². The van der Waals surface area contributed by atoms with E-state index < -0.39 is 0 Å². The highest BCUT2D eigenvalue weighted by Gasteiger charge is 2.36. The third-order valence-corrected chi connectivity index (χ3v) is 5.41. The van der Waals surface area contributed by atoms with Crippen LogP contribution in [-0.2, 0) is 4.79 Å². The Kier molecular flexibility index (Phi) is 5.21. The topological polar surface area (TPSA) is 43.9 Å². The molecule has 0 atom stereocenters. The lowest BCUT2D eigenvalue weighted by Gasteiger charge is -2.33. The van der Waals surface area contributed by atoms with Crippen LogP contribution in [0.15, 0.2) is 33.6 Å². The van der Waals surface area contributed by atoms with Gasteiger partial charge < -0.3 is 4.90 Å². The predicted octanol–water partition coefficient (Wildman–Crippen LogP) is 2.69. The largest absolute Gasteiger partial charge is 0.304 e. The number of amides is 2. The Labute approximate surface area is 148 Å². The predicted molar refractivity (Wildman–Crippen MR) is 95.9 cm³/mol. The fourth-order valence-electron chi connectivity index (χ4n) is 2.52. The molecule has 0 spiro atoms. The van der Waals surface area contributed by atoms with E-state index in [1.54, 1.807) is 6.08 Å². The molecular formula is C16H18BrN3O2S. The number of carbonyl (C=O) groups excluding carboxylic acids is 2. The van der Waals surface area contributed by atoms with Crippen molar-refractivity contribution in [3.63, 3.8) is 0 Å². The summed E-state index contributed by atoms with van der Waals surface area (Å²) >= 11 is 4.40. The zero-order valence-corrected chi connectivity index (χ0v) is 15.3. The Bertz CT molecular complexity index is 639. The Morgan fingerprint density at radius 1 is 1.13 bits per heavy atom. The molecule has 2 aliphatic rings. The highest BCUT2D eigenvalue weighted by atomic mass is 79.9. The molecule has 23 heavy (non-hydrogen) atoms. The summed E-state index contributed by atoms with van der Waals surface area (Å²) in [5.41, 5.74) is 0.915. The van der Waals surface area contributed by atoms with Gasteiger partial charge in [-0.15, -0.1) is 0 Å². The summed E-state index contributed by atoms with van der Waals surface area (Å²) in [7, 11) is 2.08. The smallest absolute Gasteiger partial charge is 0.294 e. The minimum atomic E-state index is -0.193. The molecular weight excluding hydrogens is 378 g/mol. The van der Waals surface area contributed by atoms with Gasteiger partial charge in [0, 0.05) is 30.7 Å². The Morgan fingerprint density at radius 2 is 1.78 bits per heavy atom. The van der Waals surface area contributed by atoms with E-state index in [4.69, 9.17) is 0 Å². The number of thioether (sulfide) groups is 1. The summed E-state index contributed by atoms with van der Waals surface area (Å²) in [5.74, 6) is -0.193. The van der Waals surface area contributed by atoms with Gasteiger partial charge in [0.15, 0.2) is 0 Å². The number of carbonyl (C=O) groups is 2. The van der Waals surface area contributed by atoms with Crippen LogP contribution in [0, 0.1) is 0 Å². The molecule has 2 saturated heterocycles. The Hall–Kier alpha value is -1.15. The summed E-state index contributed by atoms with van der Waals surface area (Å²) in [6.07, 6.45) is 1.78. The number of imide groups is 1. The number of hydrogen-bond acceptors (Lipinski definition) is 5. The highest BCUT2D eigenvalue weighted by Crippen LogP contribution is 2.32. The number of hydrogen-bond donors (Lipinski definition) is 0. The van der Waals surface area contributed by atoms with Crippen molar-refractivity contribution in [2.75, 3.05) is 39.9 Å². The van der Waals surface area contributed by atoms with Crippen molar-refractivity contribution >= 4 is 44.9 Å². The Balaban J connectivity index is 1.68. The molecule has 0 aliphatic carbocycles. The van der Waals surface area contributed by atoms with E-state index in [-0.39, 0.29) is 11.1 Å². The molecule has 2 aliphatic heterocycles. The number of halogens is 1. The maximum Gasteiger partial charge on any atom is 0.294 e. The number of benzene rings is 1. The van der Waals surface area contributed by atoms with Crippen LogP contribution < -0.4 is 0 Å². The average molecular weight is 396 g/mol. The molecule has 1 aromatic carbocycles. The SMILES string of the molecule is CN1CCN(CN2C(=O)SC(=Cc3ccc(Br)cc3)C2=O)CC1. The van der Waals surface area contributed by atoms with Crippen molar-refractivity contribution in [3.8, 4) is 0 Å². The van der Waals surface area contributed by atoms with Gasteiger partial charge in [0.05, 0.1) is 11.6 Å². The lowest BCUT2D eigenvalue weighted by Crippen LogP contribution is -2.49. The van der Waals surface area contributed by atoms with Crippen molar-refractivity contribution in [1.82, 2.24) is 14.7 Å². The van der Waals surface area contributed by atoms with E-state index in [9.17, 15) is 9.59 Å². The molecule has 0 aromatic heterocycles. The van der Waals surface area contributed by atoms with Gasteiger partial charge in [0.2, 0.25) is 0 Å². The maximum atomic E-state index is 12.5. The van der Waals surface area contributed by atoms with Gasteiger partial charge >= 0.3 is 0 Å². The van der Waals surface area contributed by atoms with Crippen LogP contribution >= 0.6 is 27.7 Å². The van der Waals surface area contributed by atoms with Gasteiger partial charge in [0.25, 0.3) is 11.1 Å². The molecule has 0 saturated carbocycles. The third-order valence-electron chi connectivity index (χ3n) is 3.98. The summed E-state index contributed by atoms with van der Waals surface area (Å²) < 4.78 is 0.984. The van der Waals surface area contributed by atoms with Crippen LogP contribution in [0.2, 0.25) is 0 Å². The van der Waals surface area contributed by atoms with Crippen LogP contribution in [-0.4, -0.2) is 65.7 Å². The lowest BCUT2D eigenvalue weighted by atomic mass is 10.2. The van der Waals surface area contributed by atoms with Crippen LogP contribution in [0.1, 0.15) is 5.56 Å². The van der Waals surface area contributed by atoms with E-state index in [2.05, 4.69) is 32.8 Å². The molecule has 0 N–H and O–H groups in total. The molecule has 2 amide bonds. The van der Waals surface area contributed by atoms with E-state index in [1.807, 2.05) is 24.3 Å². The molecule has 5 nitrogen and oxygen atoms in total. The number of likely N-dealkylation sites (N-methyl/N-ethyl adjacent to an activating group) is 1. The normalized spacial score (nSPS) is 22.3. The molecule has 122 valence electrons. The number of rotatable bonds is 3. The van der Waals surface area contributed by atoms with Gasteiger partial charge in [0.1, 0.15) is 0 Å². The third kappa shape index (κ3) is 4.03. The molecule has 0 radical (unpaired) electrons. The lowest BCUT2D eigenvalue weighted by molar-refractivity contribution is -0.124. The van der Waals surface area contributed by atoms with Crippen LogP contribution in [0.25, 0.3) is 6.08 Å². The van der Waals surface area contributed by atoms with Gasteiger partial charge in [-0.1, -0.05) is 28.1 Å². The molecule has 2 fully saturated rings. The molecule has 1 aromatic rings. The summed E-state index contributed by atoms with van der Waals surface area (Å²) in [6.45, 7) is 4.07. The Morgan fingerprint density at radius 3 is 2.43 bits per heavy atom. The summed E-state index contributed by atoms with van der Waals surface area (Å²) in [6, 6.07) is 7.66. The zero-order chi connectivity index (χ0) is 16.4. The molecule has 7 heteroatoms. The average Bonchev–Trinajstić information content (AvgIpc) is 2.79. The number of nitrogens with zero attached hydrogens (tertiary/aromatic N) is 3. The first-order valence-electron chi connectivity index (χ1n) is 7.45. The second kappa shape index (κ2) is 7.17. The molecule has 2 heterocycles. The van der Waals surface area contributed by atoms with E-state index in [0.29, 0.717) is 11.6 Å². The first-order valence-corrected chi connectivity index (χ1v) is 9.06. The highest BCUT2D eigenvalue weighted by molar-refractivity contribution is 9.10. The summed E-state index contributed by atoms with van der Waals surface area (Å²) in [5, 5.41) is -0.183. The van der Waals surface area contributed by atoms with Crippen molar-refractivity contribution in [3.05, 3.63) is 39.2 Å². The fraction of sp³-hybridized carbons (Fsp3) is 0.375. The maximum absolute atomic E-state index is 12.5. The van der Waals surface area contributed by atoms with Gasteiger partial charge in [-0.3, -0.25) is 19.4 Å². The van der Waals surface area contributed by atoms with Crippen LogP contribution in [0.3, 0.4) is 0 Å². The summed E-state index contributed by atoms with van der Waals surface area (Å²) in [4.78, 5) is 30.9. The van der Waals surface area contributed by atoms with Crippen LogP contribution in [0.4, 0.5) is 4.79 Å². The van der Waals surface area contributed by atoms with Crippen LogP contribution in [0.5, 0.6) is 0 Å². The minimum absolute atomic E-state index is 0.183. The molecule has 0 bridgehead atoms.